The summed E-state index contributed by atoms with van der Waals surface area (Å²) in [5.41, 5.74) is 38.2. The van der Waals surface area contributed by atoms with E-state index in [0.717, 1.165) is 0 Å². The number of hydrogen-bond acceptors (Lipinski definition) is 12. The minimum atomic E-state index is -1.38. The van der Waals surface area contributed by atoms with Crippen LogP contribution in [0, 0.1) is 5.92 Å². The Hall–Kier alpha value is -4.51. The fourth-order valence-corrected chi connectivity index (χ4v) is 6.97. The summed E-state index contributed by atoms with van der Waals surface area (Å²) in [4.78, 5) is 97.9. The van der Waals surface area contributed by atoms with Gasteiger partial charge in [0.25, 0.3) is 0 Å². The van der Waals surface area contributed by atoms with E-state index in [9.17, 15) is 33.6 Å². The molecule has 19 N–H and O–H groups in total. The van der Waals surface area contributed by atoms with Crippen molar-refractivity contribution < 1.29 is 33.6 Å². The van der Waals surface area contributed by atoms with Gasteiger partial charge in [-0.3, -0.25) is 43.5 Å². The van der Waals surface area contributed by atoms with Crippen LogP contribution in [0.15, 0.2) is 9.98 Å². The van der Waals surface area contributed by atoms with Crippen molar-refractivity contribution in [2.45, 2.75) is 95.0 Å². The molecule has 0 radical (unpaired) electrons. The number of hydrogen-bond donors (Lipinski definition) is 12. The summed E-state index contributed by atoms with van der Waals surface area (Å²) in [5.74, 6) is -5.36. The summed E-state index contributed by atoms with van der Waals surface area (Å²) < 4.78 is 0. The number of guanidine groups is 2. The number of aliphatic imine (C=N–C) groups is 2. The summed E-state index contributed by atoms with van der Waals surface area (Å²) in [6, 6.07) is -6.78. The Morgan fingerprint density at radius 1 is 0.788 bits per heavy atom. The predicted molar refractivity (Wildman–Crippen MR) is 199 cm³/mol. The van der Waals surface area contributed by atoms with Gasteiger partial charge in [0.05, 0.1) is 6.04 Å². The molecule has 0 aromatic rings. The van der Waals surface area contributed by atoms with E-state index in [1.165, 1.54) is 21.6 Å². The highest BCUT2D eigenvalue weighted by atomic mass is 33.1. The predicted octanol–water partition coefficient (Wildman–Crippen LogP) is -4.96. The van der Waals surface area contributed by atoms with E-state index in [4.69, 9.17) is 40.1 Å². The van der Waals surface area contributed by atoms with E-state index in [1.807, 2.05) is 0 Å². The molecular formula is C29H54N14O7S2. The summed E-state index contributed by atoms with van der Waals surface area (Å²) in [7, 11) is 2.57. The van der Waals surface area contributed by atoms with Gasteiger partial charge in [-0.15, -0.1) is 0 Å². The Morgan fingerprint density at radius 2 is 1.33 bits per heavy atom. The SMILES string of the molecule is CC[C@H](C)[C@H](NC(=O)[C@H](CCC(N)=O)NC(=O)[C@H](CCCN=C(N)N)NC(=O)[C@@H](N)CCCN=C(N)N)C(=O)N[C@H]1CSSC[C@@H](C(N)=O)NC1=O. The van der Waals surface area contributed by atoms with Crippen LogP contribution in [-0.4, -0.2) is 114 Å². The van der Waals surface area contributed by atoms with Gasteiger partial charge in [-0.05, 0) is 38.0 Å². The summed E-state index contributed by atoms with van der Waals surface area (Å²) in [6.07, 6.45) is 0.735. The first-order valence-electron chi connectivity index (χ1n) is 16.7. The van der Waals surface area contributed by atoms with E-state index < -0.39 is 83.5 Å². The lowest BCUT2D eigenvalue weighted by Crippen LogP contribution is -2.61. The molecule has 23 heteroatoms. The van der Waals surface area contributed by atoms with Crippen molar-refractivity contribution >= 4 is 74.9 Å². The average molecular weight is 775 g/mol. The van der Waals surface area contributed by atoms with Crippen LogP contribution >= 0.6 is 21.6 Å². The molecule has 0 aliphatic carbocycles. The number of carbonyl (C=O) groups is 7. The molecule has 1 saturated heterocycles. The maximum atomic E-state index is 13.7. The lowest BCUT2D eigenvalue weighted by molar-refractivity contribution is -0.136. The number of amides is 7. The average Bonchev–Trinajstić information content (AvgIpc) is 3.07. The highest BCUT2D eigenvalue weighted by molar-refractivity contribution is 8.76. The van der Waals surface area contributed by atoms with Crippen molar-refractivity contribution in [1.82, 2.24) is 26.6 Å². The highest BCUT2D eigenvalue weighted by Crippen LogP contribution is 2.25. The van der Waals surface area contributed by atoms with E-state index in [0.29, 0.717) is 12.8 Å². The number of nitrogens with one attached hydrogen (secondary N) is 5. The van der Waals surface area contributed by atoms with E-state index in [1.54, 1.807) is 13.8 Å². The van der Waals surface area contributed by atoms with Gasteiger partial charge >= 0.3 is 0 Å². The van der Waals surface area contributed by atoms with Crippen molar-refractivity contribution in [3.05, 3.63) is 0 Å². The number of nitrogens with two attached hydrogens (primary N) is 7. The summed E-state index contributed by atoms with van der Waals surface area (Å²) >= 11 is 0. The van der Waals surface area contributed by atoms with Crippen molar-refractivity contribution in [2.75, 3.05) is 24.6 Å². The molecule has 294 valence electrons. The van der Waals surface area contributed by atoms with Gasteiger partial charge in [-0.25, -0.2) is 0 Å². The van der Waals surface area contributed by atoms with E-state index in [2.05, 4.69) is 36.6 Å². The first kappa shape index (κ1) is 45.5. The smallest absolute Gasteiger partial charge is 0.244 e. The van der Waals surface area contributed by atoms with Crippen LogP contribution in [0.25, 0.3) is 0 Å². The van der Waals surface area contributed by atoms with Crippen LogP contribution in [0.3, 0.4) is 0 Å². The van der Waals surface area contributed by atoms with Crippen LogP contribution in [0.1, 0.15) is 58.8 Å². The first-order chi connectivity index (χ1) is 24.5. The maximum absolute atomic E-state index is 13.7. The van der Waals surface area contributed by atoms with Gasteiger partial charge in [-0.1, -0.05) is 41.9 Å². The molecule has 0 bridgehead atoms. The molecule has 0 aromatic heterocycles. The summed E-state index contributed by atoms with van der Waals surface area (Å²) in [6.45, 7) is 3.86. The maximum Gasteiger partial charge on any atom is 0.244 e. The monoisotopic (exact) mass is 774 g/mol. The number of carbonyl (C=O) groups excluding carboxylic acids is 7. The lowest BCUT2D eigenvalue weighted by atomic mass is 9.97. The first-order valence-corrected chi connectivity index (χ1v) is 19.2. The second kappa shape index (κ2) is 23.9. The second-order valence-electron chi connectivity index (χ2n) is 12.1. The Morgan fingerprint density at radius 3 is 1.88 bits per heavy atom. The number of nitrogens with zero attached hydrogens (tertiary/aromatic N) is 2. The topological polar surface area (TPSA) is 386 Å². The Bertz CT molecular complexity index is 1310. The van der Waals surface area contributed by atoms with Crippen molar-refractivity contribution in [1.29, 1.82) is 0 Å². The van der Waals surface area contributed by atoms with Gasteiger partial charge < -0.3 is 66.7 Å². The molecule has 1 aliphatic heterocycles. The van der Waals surface area contributed by atoms with Gasteiger partial charge in [-0.2, -0.15) is 0 Å². The van der Waals surface area contributed by atoms with Crippen LogP contribution in [0.4, 0.5) is 0 Å². The van der Waals surface area contributed by atoms with E-state index >= 15 is 0 Å². The van der Waals surface area contributed by atoms with Crippen LogP contribution in [-0.2, 0) is 33.6 Å². The van der Waals surface area contributed by atoms with Gasteiger partial charge in [0, 0.05) is 31.0 Å². The molecule has 7 atom stereocenters. The van der Waals surface area contributed by atoms with Gasteiger partial charge in [0.2, 0.25) is 41.4 Å². The lowest BCUT2D eigenvalue weighted by Gasteiger charge is -2.30. The quantitative estimate of drug-likeness (QED) is 0.0212. The summed E-state index contributed by atoms with van der Waals surface area (Å²) in [5, 5.41) is 12.9. The highest BCUT2D eigenvalue weighted by Gasteiger charge is 2.35. The Labute approximate surface area is 310 Å². The fraction of sp³-hybridized carbons (Fsp3) is 0.690. The largest absolute Gasteiger partial charge is 0.370 e. The third-order valence-corrected chi connectivity index (χ3v) is 10.3. The minimum Gasteiger partial charge on any atom is -0.370 e. The zero-order chi connectivity index (χ0) is 39.4. The number of primary amides is 2. The molecule has 1 rings (SSSR count). The standard InChI is InChI=1S/C29H54N14O7S2/c1-3-14(2)21(27(50)42-19-13-52-51-12-18(22(32)45)41-26(19)49)43-25(48)17(8-9-20(31)44)40-24(47)16(7-5-11-38-29(35)36)39-23(46)15(30)6-4-10-37-28(33)34/h14-19,21H,3-13,30H2,1-2H3,(H2,31,44)(H2,32,45)(H,39,46)(H,40,47)(H,41,49)(H,42,50)(H,43,48)(H4,33,34,37)(H4,35,36,38)/t14-,15-,16-,17-,18-,19-,21-/m0/s1. The minimum absolute atomic E-state index is 0.0352. The second-order valence-corrected chi connectivity index (χ2v) is 14.6. The molecule has 0 aromatic carbocycles. The molecule has 21 nitrogen and oxygen atoms in total. The molecule has 7 amide bonds. The zero-order valence-corrected chi connectivity index (χ0v) is 31.1. The normalized spacial score (nSPS) is 18.6. The Balaban J connectivity index is 3.20. The molecule has 0 unspecified atom stereocenters. The van der Waals surface area contributed by atoms with Crippen LogP contribution in [0.5, 0.6) is 0 Å². The van der Waals surface area contributed by atoms with E-state index in [-0.39, 0.29) is 68.6 Å². The molecule has 1 aliphatic rings. The van der Waals surface area contributed by atoms with Crippen molar-refractivity contribution in [3.8, 4) is 0 Å². The van der Waals surface area contributed by atoms with Gasteiger partial charge in [0.15, 0.2) is 11.9 Å². The molecular weight excluding hydrogens is 721 g/mol. The molecule has 52 heavy (non-hydrogen) atoms. The number of rotatable bonds is 22. The molecule has 0 saturated carbocycles. The van der Waals surface area contributed by atoms with Crippen LogP contribution < -0.4 is 66.7 Å². The molecule has 1 heterocycles. The third-order valence-electron chi connectivity index (χ3n) is 7.83. The van der Waals surface area contributed by atoms with Gasteiger partial charge in [0.1, 0.15) is 30.2 Å². The molecule has 1 fully saturated rings. The fourth-order valence-electron chi connectivity index (χ4n) is 4.63. The zero-order valence-electron chi connectivity index (χ0n) is 29.4. The molecule has 0 spiro atoms. The van der Waals surface area contributed by atoms with Crippen LogP contribution in [0.2, 0.25) is 0 Å². The Kier molecular flexibility index (Phi) is 20.9. The third kappa shape index (κ3) is 17.6. The van der Waals surface area contributed by atoms with Crippen molar-refractivity contribution in [2.24, 2.45) is 56.0 Å². The van der Waals surface area contributed by atoms with Crippen molar-refractivity contribution in [3.63, 3.8) is 0 Å².